The Labute approximate surface area is 125 Å². The summed E-state index contributed by atoms with van der Waals surface area (Å²) in [6, 6.07) is 0. The highest BCUT2D eigenvalue weighted by Gasteiger charge is 2.24. The third-order valence-corrected chi connectivity index (χ3v) is 4.03. The van der Waals surface area contributed by atoms with Crippen LogP contribution in [0.3, 0.4) is 0 Å². The zero-order valence-corrected chi connectivity index (χ0v) is 13.8. The van der Waals surface area contributed by atoms with Gasteiger partial charge in [-0.25, -0.2) is 0 Å². The Morgan fingerprint density at radius 1 is 0.850 bits per heavy atom. The van der Waals surface area contributed by atoms with Crippen LogP contribution in [0.1, 0.15) is 91.4 Å². The molecule has 0 bridgehead atoms. The van der Waals surface area contributed by atoms with Gasteiger partial charge in [-0.3, -0.25) is 0 Å². The molecule has 0 radical (unpaired) electrons. The number of unbranched alkanes of at least 4 members (excludes halogenated alkanes) is 5. The average molecular weight is 282 g/mol. The molecule has 0 aliphatic carbocycles. The van der Waals surface area contributed by atoms with E-state index < -0.39 is 0 Å². The molecule has 0 N–H and O–H groups in total. The lowest BCUT2D eigenvalue weighted by Gasteiger charge is -2.31. The van der Waals surface area contributed by atoms with Crippen molar-refractivity contribution in [3.63, 3.8) is 0 Å². The first kappa shape index (κ1) is 17.6. The Kier molecular flexibility index (Phi) is 9.82. The molecule has 0 fully saturated rings. The fourth-order valence-corrected chi connectivity index (χ4v) is 2.67. The molecule has 118 valence electrons. The molecule has 2 unspecified atom stereocenters. The monoisotopic (exact) mass is 282 g/mol. The molecule has 20 heavy (non-hydrogen) atoms. The molecule has 0 saturated carbocycles. The van der Waals surface area contributed by atoms with Crippen molar-refractivity contribution in [1.82, 2.24) is 0 Å². The van der Waals surface area contributed by atoms with Gasteiger partial charge in [0.1, 0.15) is 0 Å². The van der Waals surface area contributed by atoms with Crippen LogP contribution in [0.2, 0.25) is 0 Å². The van der Waals surface area contributed by atoms with Gasteiger partial charge in [0.15, 0.2) is 6.29 Å². The summed E-state index contributed by atoms with van der Waals surface area (Å²) in [4.78, 5) is 0. The van der Waals surface area contributed by atoms with E-state index in [1.54, 1.807) is 0 Å². The Bertz CT molecular complexity index is 260. The average Bonchev–Trinajstić information content (AvgIpc) is 2.47. The molecule has 0 aromatic heterocycles. The maximum atomic E-state index is 6.20. The quantitative estimate of drug-likeness (QED) is 0.435. The van der Waals surface area contributed by atoms with Crippen molar-refractivity contribution in [2.45, 2.75) is 104 Å². The highest BCUT2D eigenvalue weighted by atomic mass is 16.7. The van der Waals surface area contributed by atoms with E-state index >= 15 is 0 Å². The molecule has 1 aliphatic rings. The highest BCUT2D eigenvalue weighted by Crippen LogP contribution is 2.27. The maximum absolute atomic E-state index is 6.20. The summed E-state index contributed by atoms with van der Waals surface area (Å²) < 4.78 is 12.0. The molecule has 1 rings (SSSR count). The van der Waals surface area contributed by atoms with Crippen molar-refractivity contribution in [3.8, 4) is 0 Å². The van der Waals surface area contributed by atoms with E-state index in [4.69, 9.17) is 9.47 Å². The molecule has 0 aromatic carbocycles. The van der Waals surface area contributed by atoms with Gasteiger partial charge in [-0.05, 0) is 31.3 Å². The van der Waals surface area contributed by atoms with Crippen LogP contribution in [0.25, 0.3) is 0 Å². The van der Waals surface area contributed by atoms with E-state index in [-0.39, 0.29) is 6.29 Å². The summed E-state index contributed by atoms with van der Waals surface area (Å²) in [6.45, 7) is 6.73. The first-order chi connectivity index (χ1) is 9.81. The standard InChI is InChI=1S/C18H34O2/c1-4-7-10-13-17-16(12-9-6-3)15-19-18(20-17)14-11-8-5-2/h15,17-18H,4-14H2,1-3H3. The van der Waals surface area contributed by atoms with Crippen LogP contribution in [0.15, 0.2) is 11.8 Å². The summed E-state index contributed by atoms with van der Waals surface area (Å²) in [5.41, 5.74) is 1.38. The maximum Gasteiger partial charge on any atom is 0.199 e. The molecule has 2 heteroatoms. The summed E-state index contributed by atoms with van der Waals surface area (Å²) in [5.74, 6) is 0. The van der Waals surface area contributed by atoms with E-state index in [9.17, 15) is 0 Å². The largest absolute Gasteiger partial charge is 0.472 e. The molecule has 1 heterocycles. The van der Waals surface area contributed by atoms with Gasteiger partial charge in [0.25, 0.3) is 0 Å². The second-order valence-corrected chi connectivity index (χ2v) is 5.98. The van der Waals surface area contributed by atoms with Crippen molar-refractivity contribution in [2.75, 3.05) is 0 Å². The van der Waals surface area contributed by atoms with E-state index in [0.29, 0.717) is 6.10 Å². The molecular formula is C18H34O2. The Hall–Kier alpha value is -0.500. The van der Waals surface area contributed by atoms with Crippen LogP contribution in [-0.2, 0) is 9.47 Å². The normalized spacial score (nSPS) is 22.4. The zero-order valence-electron chi connectivity index (χ0n) is 13.8. The molecule has 1 aliphatic heterocycles. The Balaban J connectivity index is 2.44. The predicted molar refractivity (Wildman–Crippen MR) is 85.6 cm³/mol. The summed E-state index contributed by atoms with van der Waals surface area (Å²) in [6.07, 6.45) is 15.7. The molecular weight excluding hydrogens is 248 g/mol. The molecule has 2 atom stereocenters. The van der Waals surface area contributed by atoms with Crippen LogP contribution in [0.4, 0.5) is 0 Å². The van der Waals surface area contributed by atoms with E-state index in [1.165, 1.54) is 56.9 Å². The molecule has 0 aromatic rings. The Morgan fingerprint density at radius 3 is 2.15 bits per heavy atom. The third kappa shape index (κ3) is 6.78. The second kappa shape index (κ2) is 11.2. The van der Waals surface area contributed by atoms with Gasteiger partial charge in [-0.1, -0.05) is 59.3 Å². The SMILES string of the molecule is CCCCCC1OC=C(CCCC)C(CCCCC)O1. The van der Waals surface area contributed by atoms with Gasteiger partial charge >= 0.3 is 0 Å². The minimum absolute atomic E-state index is 0.00134. The van der Waals surface area contributed by atoms with E-state index in [0.717, 1.165) is 19.3 Å². The lowest BCUT2D eigenvalue weighted by Crippen LogP contribution is -2.30. The minimum Gasteiger partial charge on any atom is -0.472 e. The van der Waals surface area contributed by atoms with Crippen LogP contribution in [0, 0.1) is 0 Å². The summed E-state index contributed by atoms with van der Waals surface area (Å²) in [5, 5.41) is 0. The van der Waals surface area contributed by atoms with Gasteiger partial charge < -0.3 is 9.47 Å². The lowest BCUT2D eigenvalue weighted by molar-refractivity contribution is -0.155. The number of ether oxygens (including phenoxy) is 2. The molecule has 0 amide bonds. The first-order valence-electron chi connectivity index (χ1n) is 8.81. The zero-order chi connectivity index (χ0) is 14.6. The van der Waals surface area contributed by atoms with Gasteiger partial charge in [-0.15, -0.1) is 0 Å². The van der Waals surface area contributed by atoms with Crippen molar-refractivity contribution in [1.29, 1.82) is 0 Å². The third-order valence-electron chi connectivity index (χ3n) is 4.03. The van der Waals surface area contributed by atoms with Gasteiger partial charge in [0.05, 0.1) is 12.4 Å². The fourth-order valence-electron chi connectivity index (χ4n) is 2.67. The molecule has 2 nitrogen and oxygen atoms in total. The van der Waals surface area contributed by atoms with E-state index in [2.05, 4.69) is 20.8 Å². The highest BCUT2D eigenvalue weighted by molar-refractivity contribution is 5.07. The molecule has 0 saturated heterocycles. The summed E-state index contributed by atoms with van der Waals surface area (Å²) >= 11 is 0. The Morgan fingerprint density at radius 2 is 1.50 bits per heavy atom. The molecule has 0 spiro atoms. The van der Waals surface area contributed by atoms with Crippen molar-refractivity contribution >= 4 is 0 Å². The first-order valence-corrected chi connectivity index (χ1v) is 8.81. The van der Waals surface area contributed by atoms with Crippen molar-refractivity contribution in [2.24, 2.45) is 0 Å². The van der Waals surface area contributed by atoms with Crippen LogP contribution in [-0.4, -0.2) is 12.4 Å². The van der Waals surface area contributed by atoms with Gasteiger partial charge in [0, 0.05) is 6.42 Å². The summed E-state index contributed by atoms with van der Waals surface area (Å²) in [7, 11) is 0. The predicted octanol–water partition coefficient (Wildman–Crippen LogP) is 5.96. The van der Waals surface area contributed by atoms with Gasteiger partial charge in [0.2, 0.25) is 0 Å². The number of hydrogen-bond acceptors (Lipinski definition) is 2. The van der Waals surface area contributed by atoms with Gasteiger partial charge in [-0.2, -0.15) is 0 Å². The number of hydrogen-bond donors (Lipinski definition) is 0. The topological polar surface area (TPSA) is 18.5 Å². The second-order valence-electron chi connectivity index (χ2n) is 5.98. The van der Waals surface area contributed by atoms with Crippen LogP contribution >= 0.6 is 0 Å². The smallest absolute Gasteiger partial charge is 0.199 e. The van der Waals surface area contributed by atoms with Crippen molar-refractivity contribution < 1.29 is 9.47 Å². The van der Waals surface area contributed by atoms with E-state index in [1.807, 2.05) is 6.26 Å². The van der Waals surface area contributed by atoms with Crippen molar-refractivity contribution in [3.05, 3.63) is 11.8 Å². The fraction of sp³-hybridized carbons (Fsp3) is 0.889. The van der Waals surface area contributed by atoms with Crippen LogP contribution < -0.4 is 0 Å². The lowest BCUT2D eigenvalue weighted by atomic mass is 9.98. The van der Waals surface area contributed by atoms with Crippen LogP contribution in [0.5, 0.6) is 0 Å². The minimum atomic E-state index is -0.00134. The number of rotatable bonds is 11.